The van der Waals surface area contributed by atoms with Gasteiger partial charge in [0.1, 0.15) is 10.8 Å². The first-order chi connectivity index (χ1) is 9.63. The number of aromatic nitrogens is 2. The maximum atomic E-state index is 13.4. The minimum Gasteiger partial charge on any atom is -0.382 e. The van der Waals surface area contributed by atoms with Gasteiger partial charge in [0.2, 0.25) is 0 Å². The van der Waals surface area contributed by atoms with Crippen molar-refractivity contribution in [2.24, 2.45) is 0 Å². The molecule has 20 heavy (non-hydrogen) atoms. The van der Waals surface area contributed by atoms with Crippen LogP contribution < -0.4 is 10.9 Å². The van der Waals surface area contributed by atoms with Gasteiger partial charge in [0.25, 0.3) is 5.56 Å². The van der Waals surface area contributed by atoms with E-state index in [0.29, 0.717) is 30.8 Å². The van der Waals surface area contributed by atoms with Gasteiger partial charge in [-0.3, -0.25) is 4.79 Å². The van der Waals surface area contributed by atoms with Crippen molar-refractivity contribution < 1.29 is 4.39 Å². The van der Waals surface area contributed by atoms with E-state index in [0.717, 1.165) is 0 Å². The van der Waals surface area contributed by atoms with Crippen LogP contribution in [0.2, 0.25) is 5.02 Å². The zero-order valence-corrected chi connectivity index (χ0v) is 11.8. The fraction of sp³-hybridized carbons (Fsp3) is 0.286. The lowest BCUT2D eigenvalue weighted by molar-refractivity contribution is 0.610. The Morgan fingerprint density at radius 2 is 2.15 bits per heavy atom. The number of rotatable bonds is 5. The Morgan fingerprint density at radius 1 is 1.40 bits per heavy atom. The molecule has 2 rings (SSSR count). The first-order valence-corrected chi connectivity index (χ1v) is 6.74. The van der Waals surface area contributed by atoms with Gasteiger partial charge in [0.15, 0.2) is 0 Å². The molecule has 0 saturated carbocycles. The molecule has 0 spiro atoms. The highest BCUT2D eigenvalue weighted by molar-refractivity contribution is 6.32. The third kappa shape index (κ3) is 3.17. The molecule has 1 aromatic carbocycles. The number of nitrogens with zero attached hydrogens (tertiary/aromatic N) is 2. The van der Waals surface area contributed by atoms with E-state index in [2.05, 4.69) is 10.4 Å². The van der Waals surface area contributed by atoms with Crippen LogP contribution in [0.25, 0.3) is 0 Å². The summed E-state index contributed by atoms with van der Waals surface area (Å²) >= 11 is 5.98. The summed E-state index contributed by atoms with van der Waals surface area (Å²) in [6.07, 6.45) is 2.01. The number of benzene rings is 1. The molecule has 0 amide bonds. The summed E-state index contributed by atoms with van der Waals surface area (Å²) in [5.74, 6) is -0.236. The molecule has 0 aliphatic rings. The first kappa shape index (κ1) is 14.5. The molecule has 1 aromatic heterocycles. The number of aryl methyl sites for hydroxylation is 1. The predicted octanol–water partition coefficient (Wildman–Crippen LogP) is 2.71. The highest BCUT2D eigenvalue weighted by Crippen LogP contribution is 2.15. The largest absolute Gasteiger partial charge is 0.382 e. The Balaban J connectivity index is 2.04. The molecule has 106 valence electrons. The maximum Gasteiger partial charge on any atom is 0.287 e. The lowest BCUT2D eigenvalue weighted by Crippen LogP contribution is -2.23. The lowest BCUT2D eigenvalue weighted by atomic mass is 10.1. The van der Waals surface area contributed by atoms with E-state index in [1.807, 2.05) is 6.92 Å². The zero-order valence-electron chi connectivity index (χ0n) is 11.1. The van der Waals surface area contributed by atoms with Crippen LogP contribution in [-0.2, 0) is 13.0 Å². The van der Waals surface area contributed by atoms with Gasteiger partial charge in [-0.2, -0.15) is 5.10 Å². The molecule has 0 saturated heterocycles. The molecule has 6 heteroatoms. The molecular formula is C14H15ClFN3O. The van der Waals surface area contributed by atoms with Gasteiger partial charge in [-0.25, -0.2) is 9.07 Å². The Labute approximate surface area is 121 Å². The third-order valence-corrected chi connectivity index (χ3v) is 3.32. The summed E-state index contributed by atoms with van der Waals surface area (Å²) in [7, 11) is 0. The van der Waals surface area contributed by atoms with Crippen LogP contribution >= 0.6 is 11.6 Å². The SMILES string of the molecule is CCn1ncc(NCCc2ccccc2F)c(Cl)c1=O. The average Bonchev–Trinajstić information content (AvgIpc) is 2.46. The molecule has 0 bridgehead atoms. The second kappa shape index (κ2) is 6.52. The number of anilines is 1. The molecule has 0 atom stereocenters. The van der Waals surface area contributed by atoms with Crippen molar-refractivity contribution in [3.8, 4) is 0 Å². The van der Waals surface area contributed by atoms with Crippen LogP contribution in [0.4, 0.5) is 10.1 Å². The van der Waals surface area contributed by atoms with Crippen LogP contribution in [0, 0.1) is 5.82 Å². The van der Waals surface area contributed by atoms with Crippen LogP contribution in [0.5, 0.6) is 0 Å². The summed E-state index contributed by atoms with van der Waals surface area (Å²) in [6.45, 7) is 2.75. The molecule has 4 nitrogen and oxygen atoms in total. The monoisotopic (exact) mass is 295 g/mol. The van der Waals surface area contributed by atoms with Crippen LogP contribution in [0.15, 0.2) is 35.3 Å². The molecule has 0 aliphatic carbocycles. The average molecular weight is 296 g/mol. The second-order valence-corrected chi connectivity index (χ2v) is 4.64. The van der Waals surface area contributed by atoms with Crippen molar-refractivity contribution in [1.82, 2.24) is 9.78 Å². The van der Waals surface area contributed by atoms with E-state index < -0.39 is 0 Å². The molecule has 2 aromatic rings. The van der Waals surface area contributed by atoms with E-state index in [1.54, 1.807) is 18.2 Å². The Morgan fingerprint density at radius 3 is 2.85 bits per heavy atom. The fourth-order valence-electron chi connectivity index (χ4n) is 1.85. The van der Waals surface area contributed by atoms with Crippen molar-refractivity contribution in [3.63, 3.8) is 0 Å². The van der Waals surface area contributed by atoms with Gasteiger partial charge in [0.05, 0.1) is 11.9 Å². The predicted molar refractivity (Wildman–Crippen MR) is 77.8 cm³/mol. The number of hydrogen-bond acceptors (Lipinski definition) is 3. The quantitative estimate of drug-likeness (QED) is 0.922. The van der Waals surface area contributed by atoms with Gasteiger partial charge in [-0.1, -0.05) is 29.8 Å². The normalized spacial score (nSPS) is 10.6. The second-order valence-electron chi connectivity index (χ2n) is 4.26. The van der Waals surface area contributed by atoms with Gasteiger partial charge >= 0.3 is 0 Å². The lowest BCUT2D eigenvalue weighted by Gasteiger charge is -2.09. The molecule has 0 unspecified atom stereocenters. The summed E-state index contributed by atoms with van der Waals surface area (Å²) in [6, 6.07) is 6.59. The number of nitrogens with one attached hydrogen (secondary N) is 1. The molecule has 0 radical (unpaired) electrons. The van der Waals surface area contributed by atoms with Gasteiger partial charge in [-0.15, -0.1) is 0 Å². The van der Waals surface area contributed by atoms with E-state index >= 15 is 0 Å². The topological polar surface area (TPSA) is 46.9 Å². The Kier molecular flexibility index (Phi) is 4.74. The first-order valence-electron chi connectivity index (χ1n) is 6.36. The van der Waals surface area contributed by atoms with Gasteiger partial charge in [0, 0.05) is 13.1 Å². The van der Waals surface area contributed by atoms with E-state index in [4.69, 9.17) is 11.6 Å². The minimum atomic E-state index is -0.329. The fourth-order valence-corrected chi connectivity index (χ4v) is 2.06. The van der Waals surface area contributed by atoms with Crippen LogP contribution in [0.3, 0.4) is 0 Å². The van der Waals surface area contributed by atoms with E-state index in [1.165, 1.54) is 16.9 Å². The molecular weight excluding hydrogens is 281 g/mol. The summed E-state index contributed by atoms with van der Waals surface area (Å²) in [5.41, 5.74) is 0.758. The highest BCUT2D eigenvalue weighted by atomic mass is 35.5. The zero-order chi connectivity index (χ0) is 14.5. The van der Waals surface area contributed by atoms with Crippen LogP contribution in [-0.4, -0.2) is 16.3 Å². The van der Waals surface area contributed by atoms with Crippen molar-refractivity contribution in [2.75, 3.05) is 11.9 Å². The van der Waals surface area contributed by atoms with E-state index in [-0.39, 0.29) is 16.4 Å². The smallest absolute Gasteiger partial charge is 0.287 e. The maximum absolute atomic E-state index is 13.4. The van der Waals surface area contributed by atoms with E-state index in [9.17, 15) is 9.18 Å². The van der Waals surface area contributed by atoms with Gasteiger partial charge < -0.3 is 5.32 Å². The molecule has 0 aliphatic heterocycles. The molecule has 1 heterocycles. The molecule has 0 fully saturated rings. The van der Waals surface area contributed by atoms with Gasteiger partial charge in [-0.05, 0) is 25.0 Å². The minimum absolute atomic E-state index is 0.107. The summed E-state index contributed by atoms with van der Waals surface area (Å²) in [4.78, 5) is 11.8. The Bertz CT molecular complexity index is 657. The summed E-state index contributed by atoms with van der Waals surface area (Å²) < 4.78 is 14.7. The summed E-state index contributed by atoms with van der Waals surface area (Å²) in [5, 5.41) is 7.10. The third-order valence-electron chi connectivity index (χ3n) is 2.95. The number of hydrogen-bond donors (Lipinski definition) is 1. The van der Waals surface area contributed by atoms with Crippen molar-refractivity contribution in [3.05, 3.63) is 57.2 Å². The van der Waals surface area contributed by atoms with Crippen LogP contribution in [0.1, 0.15) is 12.5 Å². The Hall–Kier alpha value is -1.88. The van der Waals surface area contributed by atoms with Crippen molar-refractivity contribution >= 4 is 17.3 Å². The standard InChI is InChI=1S/C14H15ClFN3O/c1-2-19-14(20)13(15)12(9-18-19)17-8-7-10-5-3-4-6-11(10)16/h3-6,9,17H,2,7-8H2,1H3. The van der Waals surface area contributed by atoms with Crippen molar-refractivity contribution in [2.45, 2.75) is 19.9 Å². The highest BCUT2D eigenvalue weighted by Gasteiger charge is 2.08. The van der Waals surface area contributed by atoms with Crippen molar-refractivity contribution in [1.29, 1.82) is 0 Å². The number of halogens is 2. The molecule has 1 N–H and O–H groups in total.